The van der Waals surface area contributed by atoms with Crippen LogP contribution in [0.1, 0.15) is 162 Å². The minimum absolute atomic E-state index is 0.0550. The maximum absolute atomic E-state index is 12.3. The van der Waals surface area contributed by atoms with Gasteiger partial charge in [0.1, 0.15) is 6.10 Å². The first-order chi connectivity index (χ1) is 14.2. The summed E-state index contributed by atoms with van der Waals surface area (Å²) < 4.78 is 5.89. The quantitative estimate of drug-likeness (QED) is 0.124. The Morgan fingerprint density at radius 1 is 0.517 bits per heavy atom. The van der Waals surface area contributed by atoms with Crippen LogP contribution in [-0.2, 0) is 9.53 Å². The van der Waals surface area contributed by atoms with E-state index in [4.69, 9.17) is 4.74 Å². The van der Waals surface area contributed by atoms with Gasteiger partial charge in [0.25, 0.3) is 0 Å². The topological polar surface area (TPSA) is 26.3 Å². The van der Waals surface area contributed by atoms with E-state index in [0.717, 1.165) is 19.3 Å². The highest BCUT2D eigenvalue weighted by Gasteiger charge is 2.14. The zero-order valence-electron chi connectivity index (χ0n) is 20.5. The van der Waals surface area contributed by atoms with E-state index in [1.54, 1.807) is 0 Å². The molecule has 0 fully saturated rings. The highest BCUT2D eigenvalue weighted by atomic mass is 16.5. The number of esters is 1. The summed E-state index contributed by atoms with van der Waals surface area (Å²) in [6, 6.07) is 0. The van der Waals surface area contributed by atoms with Gasteiger partial charge in [-0.05, 0) is 32.1 Å². The van der Waals surface area contributed by atoms with Crippen LogP contribution in [-0.4, -0.2) is 12.1 Å². The monoisotopic (exact) mass is 410 g/mol. The maximum Gasteiger partial charge on any atom is 0.306 e. The molecule has 29 heavy (non-hydrogen) atoms. The number of ether oxygens (including phenoxy) is 1. The van der Waals surface area contributed by atoms with E-state index >= 15 is 0 Å². The second-order valence-electron chi connectivity index (χ2n) is 9.10. The van der Waals surface area contributed by atoms with Gasteiger partial charge in [-0.15, -0.1) is 0 Å². The van der Waals surface area contributed by atoms with E-state index in [-0.39, 0.29) is 12.1 Å². The van der Waals surface area contributed by atoms with Gasteiger partial charge in [-0.25, -0.2) is 0 Å². The Balaban J connectivity index is 3.86. The van der Waals surface area contributed by atoms with Gasteiger partial charge in [-0.3, -0.25) is 4.79 Å². The Bertz CT molecular complexity index is 326. The van der Waals surface area contributed by atoms with Crippen molar-refractivity contribution >= 4 is 5.97 Å². The Labute approximate surface area is 184 Å². The largest absolute Gasteiger partial charge is 0.462 e. The van der Waals surface area contributed by atoms with Crippen LogP contribution in [0.4, 0.5) is 0 Å². The average Bonchev–Trinajstić information content (AvgIpc) is 2.72. The van der Waals surface area contributed by atoms with Crippen LogP contribution >= 0.6 is 0 Å². The van der Waals surface area contributed by atoms with Crippen LogP contribution in [0.5, 0.6) is 0 Å². The standard InChI is InChI=1S/C27H54O2/c1-4-7-10-13-15-16-17-19-22-25-27(28)29-26(23-20-12-9-6-3)24-21-18-14-11-8-5-2/h26H,4-25H2,1-3H3. The summed E-state index contributed by atoms with van der Waals surface area (Å²) in [7, 11) is 0. The first-order valence-corrected chi connectivity index (χ1v) is 13.4. The molecule has 0 saturated heterocycles. The van der Waals surface area contributed by atoms with Crippen LogP contribution < -0.4 is 0 Å². The third kappa shape index (κ3) is 22.0. The molecule has 0 saturated carbocycles. The van der Waals surface area contributed by atoms with E-state index in [9.17, 15) is 4.79 Å². The van der Waals surface area contributed by atoms with Gasteiger partial charge in [0.05, 0.1) is 0 Å². The minimum Gasteiger partial charge on any atom is -0.462 e. The number of hydrogen-bond donors (Lipinski definition) is 0. The first-order valence-electron chi connectivity index (χ1n) is 13.4. The lowest BCUT2D eigenvalue weighted by Gasteiger charge is -2.18. The second kappa shape index (κ2) is 23.7. The summed E-state index contributed by atoms with van der Waals surface area (Å²) in [6.45, 7) is 6.78. The molecule has 0 heterocycles. The van der Waals surface area contributed by atoms with Gasteiger partial charge in [-0.1, -0.05) is 124 Å². The summed E-state index contributed by atoms with van der Waals surface area (Å²) in [4.78, 5) is 12.3. The summed E-state index contributed by atoms with van der Waals surface area (Å²) in [5.74, 6) is 0.0550. The average molecular weight is 411 g/mol. The molecule has 1 unspecified atom stereocenters. The maximum atomic E-state index is 12.3. The number of carbonyl (C=O) groups excluding carboxylic acids is 1. The Morgan fingerprint density at radius 2 is 0.862 bits per heavy atom. The molecule has 0 bridgehead atoms. The molecule has 0 aromatic rings. The molecular formula is C27H54O2. The SMILES string of the molecule is CCCCCCCCCCCC(=O)OC(CCCCCC)CCCCCCCC. The molecular weight excluding hydrogens is 356 g/mol. The third-order valence-corrected chi connectivity index (χ3v) is 6.04. The van der Waals surface area contributed by atoms with Crippen LogP contribution in [0.15, 0.2) is 0 Å². The molecule has 0 spiro atoms. The number of unbranched alkanes of at least 4 members (excludes halogenated alkanes) is 16. The predicted octanol–water partition coefficient (Wildman–Crippen LogP) is 9.54. The van der Waals surface area contributed by atoms with E-state index in [0.29, 0.717) is 6.42 Å². The Hall–Kier alpha value is -0.530. The fourth-order valence-corrected chi connectivity index (χ4v) is 4.04. The summed E-state index contributed by atoms with van der Waals surface area (Å²) in [5, 5.41) is 0. The summed E-state index contributed by atoms with van der Waals surface area (Å²) >= 11 is 0. The fraction of sp³-hybridized carbons (Fsp3) is 0.963. The van der Waals surface area contributed by atoms with E-state index in [1.807, 2.05) is 0 Å². The molecule has 174 valence electrons. The van der Waals surface area contributed by atoms with Gasteiger partial charge in [0, 0.05) is 6.42 Å². The number of hydrogen-bond acceptors (Lipinski definition) is 2. The van der Waals surface area contributed by atoms with E-state index in [1.165, 1.54) is 116 Å². The number of carbonyl (C=O) groups is 1. The molecule has 0 aliphatic rings. The van der Waals surface area contributed by atoms with E-state index < -0.39 is 0 Å². The molecule has 0 aromatic carbocycles. The Kier molecular flexibility index (Phi) is 23.3. The molecule has 2 nitrogen and oxygen atoms in total. The molecule has 0 radical (unpaired) electrons. The van der Waals surface area contributed by atoms with Gasteiger partial charge >= 0.3 is 5.97 Å². The van der Waals surface area contributed by atoms with Crippen LogP contribution in [0.2, 0.25) is 0 Å². The normalized spacial score (nSPS) is 12.2. The van der Waals surface area contributed by atoms with Crippen molar-refractivity contribution in [2.45, 2.75) is 168 Å². The lowest BCUT2D eigenvalue weighted by atomic mass is 10.0. The van der Waals surface area contributed by atoms with Crippen molar-refractivity contribution in [1.82, 2.24) is 0 Å². The number of rotatable bonds is 23. The Morgan fingerprint density at radius 3 is 1.31 bits per heavy atom. The van der Waals surface area contributed by atoms with Crippen molar-refractivity contribution in [2.75, 3.05) is 0 Å². The van der Waals surface area contributed by atoms with Crippen molar-refractivity contribution in [2.24, 2.45) is 0 Å². The van der Waals surface area contributed by atoms with Crippen molar-refractivity contribution < 1.29 is 9.53 Å². The molecule has 0 amide bonds. The molecule has 0 aliphatic carbocycles. The fourth-order valence-electron chi connectivity index (χ4n) is 4.04. The van der Waals surface area contributed by atoms with Gasteiger partial charge < -0.3 is 4.74 Å². The molecule has 0 rings (SSSR count). The highest BCUT2D eigenvalue weighted by molar-refractivity contribution is 5.69. The molecule has 0 aliphatic heterocycles. The van der Waals surface area contributed by atoms with Gasteiger partial charge in [0.2, 0.25) is 0 Å². The summed E-state index contributed by atoms with van der Waals surface area (Å²) in [6.07, 6.45) is 27.5. The molecule has 0 aromatic heterocycles. The summed E-state index contributed by atoms with van der Waals surface area (Å²) in [5.41, 5.74) is 0. The lowest BCUT2D eigenvalue weighted by molar-refractivity contribution is -0.150. The van der Waals surface area contributed by atoms with Crippen molar-refractivity contribution in [3.8, 4) is 0 Å². The van der Waals surface area contributed by atoms with E-state index in [2.05, 4.69) is 20.8 Å². The molecule has 1 atom stereocenters. The van der Waals surface area contributed by atoms with Crippen LogP contribution in [0.25, 0.3) is 0 Å². The van der Waals surface area contributed by atoms with Gasteiger partial charge in [0.15, 0.2) is 0 Å². The minimum atomic E-state index is 0.0550. The zero-order valence-corrected chi connectivity index (χ0v) is 20.5. The first kappa shape index (κ1) is 28.5. The smallest absolute Gasteiger partial charge is 0.306 e. The predicted molar refractivity (Wildman–Crippen MR) is 128 cm³/mol. The lowest BCUT2D eigenvalue weighted by Crippen LogP contribution is -2.18. The molecule has 2 heteroatoms. The second-order valence-corrected chi connectivity index (χ2v) is 9.10. The van der Waals surface area contributed by atoms with Crippen LogP contribution in [0, 0.1) is 0 Å². The zero-order chi connectivity index (χ0) is 21.4. The van der Waals surface area contributed by atoms with Crippen molar-refractivity contribution in [3.63, 3.8) is 0 Å². The van der Waals surface area contributed by atoms with Gasteiger partial charge in [-0.2, -0.15) is 0 Å². The highest BCUT2D eigenvalue weighted by Crippen LogP contribution is 2.18. The van der Waals surface area contributed by atoms with Crippen molar-refractivity contribution in [3.05, 3.63) is 0 Å². The van der Waals surface area contributed by atoms with Crippen molar-refractivity contribution in [1.29, 1.82) is 0 Å². The molecule has 0 N–H and O–H groups in total. The third-order valence-electron chi connectivity index (χ3n) is 6.04. The van der Waals surface area contributed by atoms with Crippen LogP contribution in [0.3, 0.4) is 0 Å².